The molecule has 2 aliphatic heterocycles. The van der Waals surface area contributed by atoms with E-state index in [1.807, 2.05) is 12.5 Å². The molecule has 6 nitrogen and oxygen atoms in total. The van der Waals surface area contributed by atoms with Crippen molar-refractivity contribution < 1.29 is 19.5 Å². The van der Waals surface area contributed by atoms with E-state index in [4.69, 9.17) is 0 Å². The summed E-state index contributed by atoms with van der Waals surface area (Å²) in [5.41, 5.74) is 0.854. The van der Waals surface area contributed by atoms with Gasteiger partial charge >= 0.3 is 5.97 Å². The molecule has 0 radical (unpaired) electrons. The van der Waals surface area contributed by atoms with Gasteiger partial charge in [0.05, 0.1) is 5.75 Å². The Morgan fingerprint density at radius 3 is 2.71 bits per heavy atom. The van der Waals surface area contributed by atoms with Gasteiger partial charge in [0, 0.05) is 11.5 Å². The summed E-state index contributed by atoms with van der Waals surface area (Å²) in [6.07, 6.45) is 3.70. The fourth-order valence-corrected chi connectivity index (χ4v) is 4.72. The van der Waals surface area contributed by atoms with Crippen molar-refractivity contribution in [3.8, 4) is 0 Å². The van der Waals surface area contributed by atoms with E-state index < -0.39 is 12.0 Å². The van der Waals surface area contributed by atoms with Gasteiger partial charge in [0.2, 0.25) is 5.91 Å². The molecule has 2 N–H and O–H groups in total. The molecule has 2 aliphatic rings. The van der Waals surface area contributed by atoms with Gasteiger partial charge in [-0.1, -0.05) is 0 Å². The summed E-state index contributed by atoms with van der Waals surface area (Å²) in [5, 5.41) is 11.7. The number of nitrogens with zero attached hydrogens (tertiary/aromatic N) is 1. The standard InChI is InChI=1S/C12H16N2O4S3/c1-19-3-6-4-21-11-8(13-7(15)5-20-2)10(16)14(11)9(6)12(17)18/h8,11H,3-5H2,1-2H3,(H,13,15)(H,17,18). The third-order valence-corrected chi connectivity index (χ3v) is 5.69. The van der Waals surface area contributed by atoms with Gasteiger partial charge in [-0.15, -0.1) is 11.8 Å². The van der Waals surface area contributed by atoms with Crippen molar-refractivity contribution in [2.75, 3.05) is 29.8 Å². The smallest absolute Gasteiger partial charge is 0.352 e. The quantitative estimate of drug-likeness (QED) is 0.674. The molecule has 2 unspecified atom stereocenters. The van der Waals surface area contributed by atoms with Crippen molar-refractivity contribution >= 4 is 53.1 Å². The lowest BCUT2D eigenvalue weighted by Crippen LogP contribution is -2.70. The zero-order chi connectivity index (χ0) is 15.6. The van der Waals surface area contributed by atoms with Crippen LogP contribution in [0.3, 0.4) is 0 Å². The number of hydrogen-bond acceptors (Lipinski definition) is 6. The van der Waals surface area contributed by atoms with Crippen LogP contribution in [0.5, 0.6) is 0 Å². The Hall–Kier alpha value is -0.800. The molecule has 0 aromatic heterocycles. The van der Waals surface area contributed by atoms with Crippen LogP contribution in [0.25, 0.3) is 0 Å². The molecule has 2 heterocycles. The van der Waals surface area contributed by atoms with Gasteiger partial charge in [0.15, 0.2) is 0 Å². The molecule has 0 aliphatic carbocycles. The molecular formula is C12H16N2O4S3. The Morgan fingerprint density at radius 1 is 1.43 bits per heavy atom. The molecule has 2 rings (SSSR count). The van der Waals surface area contributed by atoms with Gasteiger partial charge in [-0.05, 0) is 18.1 Å². The first-order chi connectivity index (χ1) is 10.0. The van der Waals surface area contributed by atoms with Gasteiger partial charge in [0.25, 0.3) is 5.91 Å². The number of hydrogen-bond donors (Lipinski definition) is 2. The van der Waals surface area contributed by atoms with Crippen LogP contribution >= 0.6 is 35.3 Å². The van der Waals surface area contributed by atoms with Crippen molar-refractivity contribution in [3.63, 3.8) is 0 Å². The molecule has 1 saturated heterocycles. The maximum atomic E-state index is 12.2. The van der Waals surface area contributed by atoms with Crippen LogP contribution in [0.1, 0.15) is 0 Å². The highest BCUT2D eigenvalue weighted by molar-refractivity contribution is 8.00. The number of carbonyl (C=O) groups is 3. The van der Waals surface area contributed by atoms with Crippen LogP contribution in [0.15, 0.2) is 11.3 Å². The minimum absolute atomic E-state index is 0.0912. The highest BCUT2D eigenvalue weighted by Gasteiger charge is 2.53. The molecule has 0 spiro atoms. The van der Waals surface area contributed by atoms with Crippen LogP contribution in [-0.2, 0) is 14.4 Å². The van der Waals surface area contributed by atoms with Crippen molar-refractivity contribution in [3.05, 3.63) is 11.3 Å². The fraction of sp³-hybridized carbons (Fsp3) is 0.583. The van der Waals surface area contributed by atoms with E-state index in [1.165, 1.54) is 40.2 Å². The maximum Gasteiger partial charge on any atom is 0.352 e. The highest BCUT2D eigenvalue weighted by atomic mass is 32.2. The summed E-state index contributed by atoms with van der Waals surface area (Å²) in [7, 11) is 0. The molecule has 2 amide bonds. The number of β-lactam (4-membered cyclic amide) rings is 1. The number of aliphatic carboxylic acids is 1. The number of carboxylic acid groups (broad SMARTS) is 1. The van der Waals surface area contributed by atoms with Gasteiger partial charge in [-0.2, -0.15) is 23.5 Å². The van der Waals surface area contributed by atoms with Gasteiger partial charge < -0.3 is 10.4 Å². The van der Waals surface area contributed by atoms with Crippen LogP contribution in [-0.4, -0.2) is 69.0 Å². The topological polar surface area (TPSA) is 86.7 Å². The molecular weight excluding hydrogens is 332 g/mol. The lowest BCUT2D eigenvalue weighted by atomic mass is 10.0. The third kappa shape index (κ3) is 3.19. The summed E-state index contributed by atoms with van der Waals surface area (Å²) in [6, 6.07) is -0.611. The van der Waals surface area contributed by atoms with E-state index in [1.54, 1.807) is 0 Å². The summed E-state index contributed by atoms with van der Waals surface area (Å²) in [5.74, 6) is -0.151. The predicted octanol–water partition coefficient (Wildman–Crippen LogP) is 0.451. The molecule has 0 bridgehead atoms. The number of nitrogens with one attached hydrogen (secondary N) is 1. The number of amides is 2. The van der Waals surface area contributed by atoms with Crippen LogP contribution < -0.4 is 5.32 Å². The average Bonchev–Trinajstić information content (AvgIpc) is 2.44. The minimum atomic E-state index is -1.08. The van der Waals surface area contributed by atoms with E-state index in [9.17, 15) is 19.5 Å². The summed E-state index contributed by atoms with van der Waals surface area (Å²) >= 11 is 4.41. The summed E-state index contributed by atoms with van der Waals surface area (Å²) in [6.45, 7) is 0. The van der Waals surface area contributed by atoms with Crippen molar-refractivity contribution in [1.29, 1.82) is 0 Å². The first-order valence-electron chi connectivity index (χ1n) is 6.18. The monoisotopic (exact) mass is 348 g/mol. The molecule has 21 heavy (non-hydrogen) atoms. The molecule has 2 atom stereocenters. The molecule has 0 saturated carbocycles. The highest BCUT2D eigenvalue weighted by Crippen LogP contribution is 2.40. The second-order valence-corrected chi connectivity index (χ2v) is 7.42. The zero-order valence-corrected chi connectivity index (χ0v) is 14.1. The minimum Gasteiger partial charge on any atom is -0.477 e. The summed E-state index contributed by atoms with van der Waals surface area (Å²) < 4.78 is 0. The Morgan fingerprint density at radius 2 is 2.14 bits per heavy atom. The Balaban J connectivity index is 2.15. The van der Waals surface area contributed by atoms with Gasteiger partial charge in [-0.3, -0.25) is 14.5 Å². The zero-order valence-electron chi connectivity index (χ0n) is 11.6. The molecule has 0 aromatic carbocycles. The van der Waals surface area contributed by atoms with E-state index in [0.717, 1.165) is 5.57 Å². The van der Waals surface area contributed by atoms with Crippen LogP contribution in [0.2, 0.25) is 0 Å². The third-order valence-electron chi connectivity index (χ3n) is 3.16. The maximum absolute atomic E-state index is 12.2. The SMILES string of the molecule is CSCC(=O)NC1C(=O)N2C(C(=O)O)=C(CSC)CSC12. The number of thioether (sulfide) groups is 3. The van der Waals surface area contributed by atoms with Gasteiger partial charge in [-0.25, -0.2) is 4.79 Å². The molecule has 1 fully saturated rings. The Kier molecular flexibility index (Phi) is 5.50. The van der Waals surface area contributed by atoms with Crippen molar-refractivity contribution in [2.24, 2.45) is 0 Å². The number of carboxylic acids is 1. The fourth-order valence-electron chi connectivity index (χ4n) is 2.31. The van der Waals surface area contributed by atoms with E-state index in [0.29, 0.717) is 17.3 Å². The first-order valence-corrected chi connectivity index (χ1v) is 10.0. The number of fused-ring (bicyclic) bond motifs is 1. The summed E-state index contributed by atoms with van der Waals surface area (Å²) in [4.78, 5) is 36.5. The normalized spacial score (nSPS) is 24.5. The van der Waals surface area contributed by atoms with E-state index in [2.05, 4.69) is 5.32 Å². The lowest BCUT2D eigenvalue weighted by molar-refractivity contribution is -0.150. The second kappa shape index (κ2) is 6.97. The van der Waals surface area contributed by atoms with Crippen LogP contribution in [0.4, 0.5) is 0 Å². The largest absolute Gasteiger partial charge is 0.477 e. The van der Waals surface area contributed by atoms with Crippen LogP contribution in [0, 0.1) is 0 Å². The van der Waals surface area contributed by atoms with E-state index in [-0.39, 0.29) is 22.9 Å². The second-order valence-electron chi connectivity index (χ2n) is 4.58. The number of carbonyl (C=O) groups excluding carboxylic acids is 2. The van der Waals surface area contributed by atoms with Crippen molar-refractivity contribution in [2.45, 2.75) is 11.4 Å². The van der Waals surface area contributed by atoms with E-state index >= 15 is 0 Å². The van der Waals surface area contributed by atoms with Gasteiger partial charge in [0.1, 0.15) is 17.1 Å². The number of rotatable bonds is 6. The Bertz CT molecular complexity index is 509. The lowest BCUT2D eigenvalue weighted by Gasteiger charge is -2.49. The Labute approximate surface area is 135 Å². The predicted molar refractivity (Wildman–Crippen MR) is 86.4 cm³/mol. The molecule has 116 valence electrons. The first kappa shape index (κ1) is 16.6. The van der Waals surface area contributed by atoms with Crippen molar-refractivity contribution in [1.82, 2.24) is 10.2 Å². The average molecular weight is 348 g/mol. The molecule has 0 aromatic rings. The molecule has 9 heteroatoms.